The zero-order chi connectivity index (χ0) is 17.6. The average Bonchev–Trinajstić information content (AvgIpc) is 2.63. The molecule has 2 aromatic carbocycles. The van der Waals surface area contributed by atoms with Crippen LogP contribution in [0.3, 0.4) is 0 Å². The van der Waals surface area contributed by atoms with Gasteiger partial charge < -0.3 is 5.32 Å². The van der Waals surface area contributed by atoms with Gasteiger partial charge in [0.2, 0.25) is 0 Å². The molecule has 128 valence electrons. The standard InChI is InChI=1S/C21H23N3O/c1-16(12-18-8-4-3-5-9-18)13-22-17(2)15-24-21(25)20-11-7-6-10-19(20)14-23-24/h3-12,14,17,22H,13,15H2,1-2H3/b16-12+/t17-/m1/s1. The maximum Gasteiger partial charge on any atom is 0.274 e. The van der Waals surface area contributed by atoms with E-state index in [1.165, 1.54) is 15.8 Å². The largest absolute Gasteiger partial charge is 0.309 e. The molecule has 0 saturated carbocycles. The van der Waals surface area contributed by atoms with Gasteiger partial charge in [0, 0.05) is 18.0 Å². The number of hydrogen-bond acceptors (Lipinski definition) is 3. The predicted molar refractivity (Wildman–Crippen MR) is 104 cm³/mol. The lowest BCUT2D eigenvalue weighted by Gasteiger charge is -2.15. The molecule has 1 heterocycles. The molecule has 0 saturated heterocycles. The monoisotopic (exact) mass is 333 g/mol. The van der Waals surface area contributed by atoms with Gasteiger partial charge >= 0.3 is 0 Å². The molecular weight excluding hydrogens is 310 g/mol. The second-order valence-corrected chi connectivity index (χ2v) is 6.40. The summed E-state index contributed by atoms with van der Waals surface area (Å²) < 4.78 is 1.54. The smallest absolute Gasteiger partial charge is 0.274 e. The van der Waals surface area contributed by atoms with Crippen LogP contribution in [-0.4, -0.2) is 22.4 Å². The molecule has 1 atom stereocenters. The zero-order valence-corrected chi connectivity index (χ0v) is 14.6. The van der Waals surface area contributed by atoms with E-state index in [-0.39, 0.29) is 11.6 Å². The van der Waals surface area contributed by atoms with E-state index < -0.39 is 0 Å². The molecule has 0 aliphatic rings. The Kier molecular flexibility index (Phi) is 5.41. The lowest BCUT2D eigenvalue weighted by molar-refractivity contribution is 0.453. The van der Waals surface area contributed by atoms with Gasteiger partial charge in [-0.05, 0) is 25.5 Å². The zero-order valence-electron chi connectivity index (χ0n) is 14.6. The van der Waals surface area contributed by atoms with Crippen molar-refractivity contribution in [3.05, 3.63) is 82.3 Å². The summed E-state index contributed by atoms with van der Waals surface area (Å²) in [7, 11) is 0. The normalized spacial score (nSPS) is 13.1. The van der Waals surface area contributed by atoms with Crippen LogP contribution in [0, 0.1) is 0 Å². The fraction of sp³-hybridized carbons (Fsp3) is 0.238. The van der Waals surface area contributed by atoms with E-state index >= 15 is 0 Å². The van der Waals surface area contributed by atoms with E-state index in [4.69, 9.17) is 0 Å². The Labute approximate surface area is 147 Å². The number of nitrogens with zero attached hydrogens (tertiary/aromatic N) is 2. The lowest BCUT2D eigenvalue weighted by Crippen LogP contribution is -2.36. The van der Waals surface area contributed by atoms with E-state index in [0.29, 0.717) is 11.9 Å². The molecule has 3 aromatic rings. The molecule has 1 N–H and O–H groups in total. The highest BCUT2D eigenvalue weighted by atomic mass is 16.1. The fourth-order valence-electron chi connectivity index (χ4n) is 2.80. The van der Waals surface area contributed by atoms with Crippen molar-refractivity contribution in [3.8, 4) is 0 Å². The number of aromatic nitrogens is 2. The Morgan fingerprint density at radius 2 is 1.88 bits per heavy atom. The number of nitrogens with one attached hydrogen (secondary N) is 1. The molecule has 0 radical (unpaired) electrons. The molecule has 25 heavy (non-hydrogen) atoms. The van der Waals surface area contributed by atoms with Crippen molar-refractivity contribution in [2.24, 2.45) is 0 Å². The minimum absolute atomic E-state index is 0.0386. The molecule has 3 rings (SSSR count). The summed E-state index contributed by atoms with van der Waals surface area (Å²) in [5.74, 6) is 0. The van der Waals surface area contributed by atoms with Crippen LogP contribution in [0.1, 0.15) is 19.4 Å². The van der Waals surface area contributed by atoms with Gasteiger partial charge in [0.05, 0.1) is 18.1 Å². The SMILES string of the molecule is C/C(=C\c1ccccc1)CN[C@H](C)Cn1ncc2ccccc2c1=O. The van der Waals surface area contributed by atoms with Crippen LogP contribution in [0.4, 0.5) is 0 Å². The van der Waals surface area contributed by atoms with Crippen LogP contribution >= 0.6 is 0 Å². The highest BCUT2D eigenvalue weighted by Gasteiger charge is 2.08. The van der Waals surface area contributed by atoms with Gasteiger partial charge in [0.1, 0.15) is 0 Å². The van der Waals surface area contributed by atoms with Crippen molar-refractivity contribution in [2.75, 3.05) is 6.54 Å². The van der Waals surface area contributed by atoms with Gasteiger partial charge in [-0.15, -0.1) is 0 Å². The molecule has 0 aliphatic heterocycles. The van der Waals surface area contributed by atoms with Gasteiger partial charge in [0.25, 0.3) is 5.56 Å². The molecular formula is C21H23N3O. The maximum atomic E-state index is 12.5. The molecule has 0 unspecified atom stereocenters. The molecule has 1 aromatic heterocycles. The Bertz CT molecular complexity index is 929. The molecule has 4 heteroatoms. The average molecular weight is 333 g/mol. The summed E-state index contributed by atoms with van der Waals surface area (Å²) in [6, 6.07) is 18.0. The van der Waals surface area contributed by atoms with Crippen molar-refractivity contribution < 1.29 is 0 Å². The fourth-order valence-corrected chi connectivity index (χ4v) is 2.80. The van der Waals surface area contributed by atoms with Crippen LogP contribution in [-0.2, 0) is 6.54 Å². The Balaban J connectivity index is 1.63. The third-order valence-electron chi connectivity index (χ3n) is 4.15. The molecule has 0 spiro atoms. The van der Waals surface area contributed by atoms with Crippen molar-refractivity contribution in [2.45, 2.75) is 26.4 Å². The first-order chi connectivity index (χ1) is 12.1. The highest BCUT2D eigenvalue weighted by molar-refractivity contribution is 5.80. The first-order valence-corrected chi connectivity index (χ1v) is 8.54. The van der Waals surface area contributed by atoms with Crippen molar-refractivity contribution >= 4 is 16.8 Å². The predicted octanol–water partition coefficient (Wildman–Crippen LogP) is 3.48. The van der Waals surface area contributed by atoms with Crippen LogP contribution in [0.2, 0.25) is 0 Å². The molecule has 0 fully saturated rings. The van der Waals surface area contributed by atoms with E-state index in [1.54, 1.807) is 6.20 Å². The summed E-state index contributed by atoms with van der Waals surface area (Å²) in [6.07, 6.45) is 3.92. The van der Waals surface area contributed by atoms with Gasteiger partial charge in [-0.3, -0.25) is 4.79 Å². The Morgan fingerprint density at radius 3 is 2.68 bits per heavy atom. The number of benzene rings is 2. The Hall–Kier alpha value is -2.72. The van der Waals surface area contributed by atoms with Gasteiger partial charge in [0.15, 0.2) is 0 Å². The van der Waals surface area contributed by atoms with Crippen molar-refractivity contribution in [1.82, 2.24) is 15.1 Å². The van der Waals surface area contributed by atoms with E-state index in [2.05, 4.69) is 42.5 Å². The molecule has 0 aliphatic carbocycles. The van der Waals surface area contributed by atoms with Crippen LogP contribution in [0.15, 0.2) is 71.2 Å². The van der Waals surface area contributed by atoms with Crippen molar-refractivity contribution in [1.29, 1.82) is 0 Å². The molecule has 0 amide bonds. The third-order valence-corrected chi connectivity index (χ3v) is 4.15. The number of fused-ring (bicyclic) bond motifs is 1. The van der Waals surface area contributed by atoms with E-state index in [9.17, 15) is 4.79 Å². The second-order valence-electron chi connectivity index (χ2n) is 6.40. The molecule has 0 bridgehead atoms. The van der Waals surface area contributed by atoms with Gasteiger partial charge in [-0.2, -0.15) is 5.10 Å². The van der Waals surface area contributed by atoms with Crippen LogP contribution < -0.4 is 10.9 Å². The first-order valence-electron chi connectivity index (χ1n) is 8.54. The van der Waals surface area contributed by atoms with Crippen LogP contribution in [0.5, 0.6) is 0 Å². The summed E-state index contributed by atoms with van der Waals surface area (Å²) >= 11 is 0. The van der Waals surface area contributed by atoms with Gasteiger partial charge in [-0.25, -0.2) is 4.68 Å². The Morgan fingerprint density at radius 1 is 1.16 bits per heavy atom. The summed E-state index contributed by atoms with van der Waals surface area (Å²) in [4.78, 5) is 12.5. The van der Waals surface area contributed by atoms with E-state index in [0.717, 1.165) is 11.9 Å². The summed E-state index contributed by atoms with van der Waals surface area (Å²) in [6.45, 7) is 5.49. The minimum Gasteiger partial charge on any atom is -0.309 e. The quantitative estimate of drug-likeness (QED) is 0.751. The number of rotatable bonds is 6. The third kappa shape index (κ3) is 4.43. The second kappa shape index (κ2) is 7.90. The maximum absolute atomic E-state index is 12.5. The summed E-state index contributed by atoms with van der Waals surface area (Å²) in [5.41, 5.74) is 2.40. The molecule has 4 nitrogen and oxygen atoms in total. The number of hydrogen-bond donors (Lipinski definition) is 1. The highest BCUT2D eigenvalue weighted by Crippen LogP contribution is 2.07. The lowest BCUT2D eigenvalue weighted by atomic mass is 10.1. The van der Waals surface area contributed by atoms with Crippen LogP contribution in [0.25, 0.3) is 16.8 Å². The summed E-state index contributed by atoms with van der Waals surface area (Å²) in [5, 5.41) is 9.34. The van der Waals surface area contributed by atoms with E-state index in [1.807, 2.05) is 42.5 Å². The topological polar surface area (TPSA) is 46.9 Å². The van der Waals surface area contributed by atoms with Gasteiger partial charge in [-0.1, -0.05) is 60.2 Å². The first kappa shape index (κ1) is 17.1. The van der Waals surface area contributed by atoms with Crippen molar-refractivity contribution in [3.63, 3.8) is 0 Å². The minimum atomic E-state index is -0.0386.